The Hall–Kier alpha value is -0.900. The fraction of sp³-hybridized carbons (Fsp3) is 0.600. The molecule has 0 aliphatic carbocycles. The molecule has 0 amide bonds. The number of carbonyl (C=O) groups excluding carboxylic acids is 2. The molecule has 1 aliphatic heterocycles. The molecule has 0 aromatic rings. The maximum absolute atomic E-state index is 10.3. The van der Waals surface area contributed by atoms with Crippen molar-refractivity contribution < 1.29 is 14.4 Å². The van der Waals surface area contributed by atoms with Gasteiger partial charge in [0.1, 0.15) is 6.29 Å². The number of carbonyl (C=O) groups is 2. The smallest absolute Gasteiger partial charge is 0.326 e. The molecule has 1 aliphatic rings. The molecule has 1 heterocycles. The molecule has 4 nitrogen and oxygen atoms in total. The van der Waals surface area contributed by atoms with E-state index in [9.17, 15) is 9.59 Å². The molecule has 9 heavy (non-hydrogen) atoms. The van der Waals surface area contributed by atoms with Gasteiger partial charge in [-0.15, -0.1) is 5.06 Å². The van der Waals surface area contributed by atoms with Gasteiger partial charge in [0.25, 0.3) is 0 Å². The maximum Gasteiger partial charge on any atom is 0.326 e. The Kier molecular flexibility index (Phi) is 1.79. The summed E-state index contributed by atoms with van der Waals surface area (Å²) < 4.78 is 0. The summed E-state index contributed by atoms with van der Waals surface area (Å²) >= 11 is 0. The Bertz CT molecular complexity index is 134. The van der Waals surface area contributed by atoms with Gasteiger partial charge in [-0.3, -0.25) is 4.79 Å². The van der Waals surface area contributed by atoms with Gasteiger partial charge >= 0.3 is 5.97 Å². The van der Waals surface area contributed by atoms with Crippen molar-refractivity contribution in [1.82, 2.24) is 5.06 Å². The van der Waals surface area contributed by atoms with E-state index in [1.165, 1.54) is 5.06 Å². The highest BCUT2D eigenvalue weighted by atomic mass is 16.7. The second-order valence-electron chi connectivity index (χ2n) is 1.77. The molecule has 4 heteroatoms. The number of hydrogen-bond acceptors (Lipinski definition) is 4. The van der Waals surface area contributed by atoms with Gasteiger partial charge in [-0.1, -0.05) is 0 Å². The van der Waals surface area contributed by atoms with Gasteiger partial charge in [-0.2, -0.15) is 0 Å². The Morgan fingerprint density at radius 3 is 3.00 bits per heavy atom. The lowest BCUT2D eigenvalue weighted by atomic mass is 10.4. The van der Waals surface area contributed by atoms with E-state index in [0.29, 0.717) is 19.3 Å². The average Bonchev–Trinajstić information content (AvgIpc) is 2.17. The molecular weight excluding hydrogens is 122 g/mol. The minimum absolute atomic E-state index is 0.186. The predicted molar refractivity (Wildman–Crippen MR) is 28.3 cm³/mol. The highest BCUT2D eigenvalue weighted by Gasteiger charge is 2.19. The first-order chi connectivity index (χ1) is 4.33. The Morgan fingerprint density at radius 2 is 2.56 bits per heavy atom. The van der Waals surface area contributed by atoms with Crippen molar-refractivity contribution in [1.29, 1.82) is 0 Å². The van der Waals surface area contributed by atoms with Crippen molar-refractivity contribution in [3.8, 4) is 0 Å². The number of hydrogen-bond donors (Lipinski definition) is 0. The molecule has 0 saturated carbocycles. The monoisotopic (exact) mass is 129 g/mol. The molecule has 0 bridgehead atoms. The molecule has 0 aromatic carbocycles. The Labute approximate surface area is 52.3 Å². The molecule has 0 atom stereocenters. The Balaban J connectivity index is 2.29. The fourth-order valence-corrected chi connectivity index (χ4v) is 0.663. The number of nitrogens with zero attached hydrogens (tertiary/aromatic N) is 1. The predicted octanol–water partition coefficient (Wildman–Crippen LogP) is -0.651. The number of hydroxylamine groups is 2. The fourth-order valence-electron chi connectivity index (χ4n) is 0.663. The van der Waals surface area contributed by atoms with Crippen LogP contribution >= 0.6 is 0 Å². The van der Waals surface area contributed by atoms with Gasteiger partial charge in [-0.25, -0.2) is 0 Å². The zero-order chi connectivity index (χ0) is 6.69. The summed E-state index contributed by atoms with van der Waals surface area (Å²) in [7, 11) is 0. The third kappa shape index (κ3) is 1.50. The number of aldehydes is 1. The first-order valence-corrected chi connectivity index (χ1v) is 2.72. The SMILES string of the molecule is O=CCN1CCC(=O)O1. The van der Waals surface area contributed by atoms with Crippen molar-refractivity contribution in [2.75, 3.05) is 13.1 Å². The van der Waals surface area contributed by atoms with E-state index >= 15 is 0 Å². The van der Waals surface area contributed by atoms with Crippen LogP contribution in [-0.4, -0.2) is 30.4 Å². The van der Waals surface area contributed by atoms with Crippen molar-refractivity contribution in [2.24, 2.45) is 0 Å². The summed E-state index contributed by atoms with van der Waals surface area (Å²) in [5, 5.41) is 1.34. The molecule has 0 N–H and O–H groups in total. The van der Waals surface area contributed by atoms with Crippen molar-refractivity contribution in [3.63, 3.8) is 0 Å². The highest BCUT2D eigenvalue weighted by Crippen LogP contribution is 2.03. The first-order valence-electron chi connectivity index (χ1n) is 2.72. The average molecular weight is 129 g/mol. The molecule has 1 saturated heterocycles. The summed E-state index contributed by atoms with van der Waals surface area (Å²) in [6.07, 6.45) is 1.10. The van der Waals surface area contributed by atoms with Crippen molar-refractivity contribution in [2.45, 2.75) is 6.42 Å². The van der Waals surface area contributed by atoms with E-state index in [0.717, 1.165) is 0 Å². The summed E-state index contributed by atoms with van der Waals surface area (Å²) in [6.45, 7) is 0.726. The lowest BCUT2D eigenvalue weighted by molar-refractivity contribution is -0.169. The van der Waals surface area contributed by atoms with Crippen LogP contribution in [0.5, 0.6) is 0 Å². The van der Waals surface area contributed by atoms with Crippen LogP contribution in [0.2, 0.25) is 0 Å². The normalized spacial score (nSPS) is 19.8. The number of rotatable bonds is 2. The van der Waals surface area contributed by atoms with E-state index in [-0.39, 0.29) is 12.5 Å². The summed E-state index contributed by atoms with van der Waals surface area (Å²) in [5.41, 5.74) is 0. The van der Waals surface area contributed by atoms with E-state index in [1.807, 2.05) is 0 Å². The minimum atomic E-state index is -0.253. The van der Waals surface area contributed by atoms with Crippen molar-refractivity contribution >= 4 is 12.3 Å². The van der Waals surface area contributed by atoms with Crippen LogP contribution in [-0.2, 0) is 14.4 Å². The third-order valence-electron chi connectivity index (χ3n) is 1.07. The van der Waals surface area contributed by atoms with Crippen LogP contribution in [0.15, 0.2) is 0 Å². The van der Waals surface area contributed by atoms with Crippen LogP contribution in [0, 0.1) is 0 Å². The zero-order valence-corrected chi connectivity index (χ0v) is 4.87. The van der Waals surface area contributed by atoms with E-state index < -0.39 is 0 Å². The molecule has 1 rings (SSSR count). The van der Waals surface area contributed by atoms with Gasteiger partial charge in [0.15, 0.2) is 0 Å². The molecule has 1 fully saturated rings. The molecular formula is C5H7NO3. The highest BCUT2D eigenvalue weighted by molar-refractivity contribution is 5.71. The lowest BCUT2D eigenvalue weighted by Crippen LogP contribution is -2.20. The van der Waals surface area contributed by atoms with Crippen LogP contribution < -0.4 is 0 Å². The van der Waals surface area contributed by atoms with E-state index in [2.05, 4.69) is 4.84 Å². The second-order valence-corrected chi connectivity index (χ2v) is 1.77. The molecule has 50 valence electrons. The van der Waals surface area contributed by atoms with Crippen molar-refractivity contribution in [3.05, 3.63) is 0 Å². The zero-order valence-electron chi connectivity index (χ0n) is 4.87. The summed E-state index contributed by atoms with van der Waals surface area (Å²) in [5.74, 6) is -0.253. The molecule has 0 spiro atoms. The molecule has 0 unspecified atom stereocenters. The minimum Gasteiger partial charge on any atom is -0.367 e. The molecule has 0 radical (unpaired) electrons. The maximum atomic E-state index is 10.3. The van der Waals surface area contributed by atoms with Gasteiger partial charge in [-0.05, 0) is 0 Å². The summed E-state index contributed by atoms with van der Waals surface area (Å²) in [6, 6.07) is 0. The standard InChI is InChI=1S/C5H7NO3/c7-4-3-6-2-1-5(8)9-6/h4H,1-3H2. The molecule has 0 aromatic heterocycles. The topological polar surface area (TPSA) is 46.6 Å². The van der Waals surface area contributed by atoms with Gasteiger partial charge < -0.3 is 9.63 Å². The third-order valence-corrected chi connectivity index (χ3v) is 1.07. The largest absolute Gasteiger partial charge is 0.367 e. The van der Waals surface area contributed by atoms with Crippen LogP contribution in [0.4, 0.5) is 0 Å². The van der Waals surface area contributed by atoms with E-state index in [4.69, 9.17) is 0 Å². The van der Waals surface area contributed by atoms with Crippen LogP contribution in [0.3, 0.4) is 0 Å². The lowest BCUT2D eigenvalue weighted by Gasteiger charge is -2.05. The Morgan fingerprint density at radius 1 is 1.78 bits per heavy atom. The quantitative estimate of drug-likeness (QED) is 0.465. The van der Waals surface area contributed by atoms with Gasteiger partial charge in [0.05, 0.1) is 13.0 Å². The van der Waals surface area contributed by atoms with Gasteiger partial charge in [0.2, 0.25) is 0 Å². The van der Waals surface area contributed by atoms with Crippen LogP contribution in [0.1, 0.15) is 6.42 Å². The second kappa shape index (κ2) is 2.59. The van der Waals surface area contributed by atoms with Crippen LogP contribution in [0.25, 0.3) is 0 Å². The van der Waals surface area contributed by atoms with Gasteiger partial charge in [0, 0.05) is 6.54 Å². The van der Waals surface area contributed by atoms with E-state index in [1.54, 1.807) is 0 Å². The first kappa shape index (κ1) is 6.22. The summed E-state index contributed by atoms with van der Waals surface area (Å²) in [4.78, 5) is 24.7.